The minimum Gasteiger partial charge on any atom is -0.726 e. The van der Waals surface area contributed by atoms with Crippen molar-refractivity contribution in [1.82, 2.24) is 0 Å². The zero-order chi connectivity index (χ0) is 27.9. The van der Waals surface area contributed by atoms with Crippen LogP contribution in [0.4, 0.5) is 22.7 Å². The topological polar surface area (TPSA) is 247 Å². The molecule has 1 unspecified atom stereocenters. The SMILES string of the molecule is O=S(=O)([O-])O.O=[N+]([O-])c1cc2c(c([N+](=O)[O-])c1)-c1c(cc([NH2+][O-])cc1[N+](=O)[O-])C2c1sc2ccccc2[s+]1. The molecule has 1 heterocycles. The summed E-state index contributed by atoms with van der Waals surface area (Å²) in [6.07, 6.45) is 0. The molecule has 4 aromatic rings. The molecule has 0 fully saturated rings. The molecule has 0 spiro atoms. The van der Waals surface area contributed by atoms with E-state index in [2.05, 4.69) is 0 Å². The maximum Gasteiger partial charge on any atom is 0.284 e. The van der Waals surface area contributed by atoms with Gasteiger partial charge in [0.2, 0.25) is 10.4 Å². The second kappa shape index (κ2) is 10.0. The first kappa shape index (κ1) is 27.0. The molecule has 196 valence electrons. The Hall–Kier alpha value is -4.04. The van der Waals surface area contributed by atoms with Gasteiger partial charge in [-0.05, 0) is 23.3 Å². The number of non-ortho nitro benzene ring substituents is 1. The zero-order valence-electron chi connectivity index (χ0n) is 18.4. The van der Waals surface area contributed by atoms with Crippen molar-refractivity contribution in [3.63, 3.8) is 0 Å². The van der Waals surface area contributed by atoms with E-state index in [9.17, 15) is 35.6 Å². The zero-order valence-corrected chi connectivity index (χ0v) is 20.8. The Bertz CT molecular complexity index is 1710. The fraction of sp³-hybridized carbons (Fsp3) is 0.0500. The van der Waals surface area contributed by atoms with Crippen molar-refractivity contribution in [2.45, 2.75) is 5.92 Å². The standard InChI is InChI=1S/C20H11N4O7S2.H2O4S/c25-21-9-5-11-17(20-32-15-3-1-2-4-16(15)33-20)12-7-10(22(26)27)8-14(24(30)31)19(12)18(11)13(6-9)23(28)29;1-5(2,3)4/h1-8,17H,21H2;(H2,1,2,3,4)/q+1;/p-1. The van der Waals surface area contributed by atoms with Gasteiger partial charge in [0.1, 0.15) is 5.69 Å². The second-order valence-electron chi connectivity index (χ2n) is 7.65. The molecule has 0 bridgehead atoms. The Labute approximate surface area is 219 Å². The van der Waals surface area contributed by atoms with Crippen LogP contribution in [-0.4, -0.2) is 32.3 Å². The number of nitro groups is 3. The van der Waals surface area contributed by atoms with Crippen LogP contribution in [-0.2, 0) is 10.4 Å². The van der Waals surface area contributed by atoms with Crippen molar-refractivity contribution in [2.24, 2.45) is 0 Å². The molecular formula is C20H12N4O11S3. The number of hydrogen-bond acceptors (Lipinski definition) is 11. The number of quaternary nitrogens is 1. The summed E-state index contributed by atoms with van der Waals surface area (Å²) in [5.41, 5.74) is -0.455. The Morgan fingerprint density at radius 1 is 0.895 bits per heavy atom. The molecule has 1 aliphatic carbocycles. The van der Waals surface area contributed by atoms with Gasteiger partial charge in [0, 0.05) is 12.1 Å². The van der Waals surface area contributed by atoms with E-state index in [-0.39, 0.29) is 22.4 Å². The summed E-state index contributed by atoms with van der Waals surface area (Å²) in [5, 5.41) is 46.9. The predicted octanol–water partition coefficient (Wildman–Crippen LogP) is 3.83. The molecule has 0 aliphatic heterocycles. The Kier molecular flexibility index (Phi) is 7.12. The summed E-state index contributed by atoms with van der Waals surface area (Å²) in [6.45, 7) is 0. The van der Waals surface area contributed by atoms with Gasteiger partial charge < -0.3 is 15.2 Å². The first-order chi connectivity index (χ1) is 17.8. The lowest BCUT2D eigenvalue weighted by Gasteiger charge is -2.08. The molecule has 0 saturated heterocycles. The molecular weight excluding hydrogens is 568 g/mol. The van der Waals surface area contributed by atoms with E-state index >= 15 is 0 Å². The highest BCUT2D eigenvalue weighted by atomic mass is 32.3. The van der Waals surface area contributed by atoms with Crippen LogP contribution in [0, 0.1) is 35.6 Å². The monoisotopic (exact) mass is 580 g/mol. The summed E-state index contributed by atoms with van der Waals surface area (Å²) in [5.74, 6) is -0.727. The molecule has 3 aromatic carbocycles. The lowest BCUT2D eigenvalue weighted by atomic mass is 9.98. The van der Waals surface area contributed by atoms with Crippen LogP contribution in [0.15, 0.2) is 48.5 Å². The van der Waals surface area contributed by atoms with Gasteiger partial charge in [0.15, 0.2) is 9.40 Å². The average Bonchev–Trinajstić information content (AvgIpc) is 3.39. The van der Waals surface area contributed by atoms with E-state index in [1.807, 2.05) is 24.3 Å². The van der Waals surface area contributed by atoms with Crippen LogP contribution < -0.4 is 5.48 Å². The number of rotatable bonds is 5. The molecule has 18 heteroatoms. The summed E-state index contributed by atoms with van der Waals surface area (Å²) in [6, 6.07) is 12.1. The third-order valence-electron chi connectivity index (χ3n) is 5.42. The molecule has 1 atom stereocenters. The third kappa shape index (κ3) is 5.17. The number of fused-ring (bicyclic) bond motifs is 4. The van der Waals surface area contributed by atoms with Crippen molar-refractivity contribution in [3.05, 3.63) is 99.4 Å². The van der Waals surface area contributed by atoms with Gasteiger partial charge in [-0.1, -0.05) is 12.1 Å². The Morgan fingerprint density at radius 3 is 1.97 bits per heavy atom. The molecule has 3 N–H and O–H groups in total. The van der Waals surface area contributed by atoms with Gasteiger partial charge in [-0.25, -0.2) is 8.42 Å². The largest absolute Gasteiger partial charge is 0.726 e. The lowest BCUT2D eigenvalue weighted by Crippen LogP contribution is -2.70. The quantitative estimate of drug-likeness (QED) is 0.0754. The maximum atomic E-state index is 11.9. The first-order valence-corrected chi connectivity index (χ1v) is 13.0. The highest BCUT2D eigenvalue weighted by molar-refractivity contribution is 7.79. The Morgan fingerprint density at radius 2 is 1.45 bits per heavy atom. The first-order valence-electron chi connectivity index (χ1n) is 10.0. The average molecular weight is 581 g/mol. The Balaban J connectivity index is 0.000000617. The smallest absolute Gasteiger partial charge is 0.284 e. The van der Waals surface area contributed by atoms with Gasteiger partial charge in [-0.2, -0.15) is 0 Å². The van der Waals surface area contributed by atoms with Gasteiger partial charge in [-0.15, -0.1) is 0 Å². The molecule has 1 aromatic heterocycles. The fourth-order valence-electron chi connectivity index (χ4n) is 4.16. The number of nitro benzene ring substituents is 3. The predicted molar refractivity (Wildman–Crippen MR) is 134 cm³/mol. The molecule has 5 rings (SSSR count). The van der Waals surface area contributed by atoms with Crippen LogP contribution in [0.3, 0.4) is 0 Å². The molecule has 15 nitrogen and oxygen atoms in total. The summed E-state index contributed by atoms with van der Waals surface area (Å²) < 4.78 is 35.4. The van der Waals surface area contributed by atoms with Crippen molar-refractivity contribution >= 4 is 65.2 Å². The van der Waals surface area contributed by atoms with Crippen molar-refractivity contribution in [2.75, 3.05) is 0 Å². The summed E-state index contributed by atoms with van der Waals surface area (Å²) in [4.78, 5) is 33.1. The number of nitrogens with zero attached hydrogens (tertiary/aromatic N) is 3. The number of benzene rings is 3. The van der Waals surface area contributed by atoms with E-state index in [1.54, 1.807) is 0 Å². The van der Waals surface area contributed by atoms with E-state index in [4.69, 9.17) is 17.5 Å². The highest BCUT2D eigenvalue weighted by Crippen LogP contribution is 2.58. The van der Waals surface area contributed by atoms with Crippen LogP contribution in [0.5, 0.6) is 0 Å². The minimum absolute atomic E-state index is 0.0110. The van der Waals surface area contributed by atoms with E-state index in [0.29, 0.717) is 11.0 Å². The van der Waals surface area contributed by atoms with E-state index in [1.165, 1.54) is 34.8 Å². The second-order valence-corrected chi connectivity index (χ2v) is 10.9. The fourth-order valence-corrected chi connectivity index (χ4v) is 6.92. The number of hydrogen-bond donors (Lipinski definition) is 2. The van der Waals surface area contributed by atoms with Gasteiger partial charge in [0.25, 0.3) is 21.3 Å². The van der Waals surface area contributed by atoms with Crippen LogP contribution in [0.25, 0.3) is 20.5 Å². The summed E-state index contributed by atoms with van der Waals surface area (Å²) in [7, 11) is -4.92. The van der Waals surface area contributed by atoms with Gasteiger partial charge in [0.05, 0.1) is 66.6 Å². The molecule has 1 aliphatic rings. The molecule has 0 radical (unpaired) electrons. The molecule has 0 amide bonds. The molecule has 0 saturated carbocycles. The van der Waals surface area contributed by atoms with Gasteiger partial charge in [-0.3, -0.25) is 34.9 Å². The van der Waals surface area contributed by atoms with Crippen LogP contribution in [0.2, 0.25) is 0 Å². The summed E-state index contributed by atoms with van der Waals surface area (Å²) >= 11 is 2.80. The van der Waals surface area contributed by atoms with Crippen LogP contribution in [0.1, 0.15) is 21.2 Å². The van der Waals surface area contributed by atoms with Crippen molar-refractivity contribution in [1.29, 1.82) is 0 Å². The lowest BCUT2D eigenvalue weighted by molar-refractivity contribution is -0.497. The minimum atomic E-state index is -4.92. The van der Waals surface area contributed by atoms with Crippen LogP contribution >= 0.6 is 22.7 Å². The van der Waals surface area contributed by atoms with Crippen molar-refractivity contribution < 1.29 is 37.8 Å². The molecule has 38 heavy (non-hydrogen) atoms. The highest BCUT2D eigenvalue weighted by Gasteiger charge is 2.46. The number of nitrogens with two attached hydrogens (primary N) is 1. The van der Waals surface area contributed by atoms with E-state index in [0.717, 1.165) is 25.7 Å². The van der Waals surface area contributed by atoms with Gasteiger partial charge >= 0.3 is 0 Å². The van der Waals surface area contributed by atoms with E-state index < -0.39 is 48.1 Å². The maximum absolute atomic E-state index is 11.9. The third-order valence-corrected chi connectivity index (χ3v) is 8.08. The van der Waals surface area contributed by atoms with Crippen molar-refractivity contribution in [3.8, 4) is 11.1 Å². The normalized spacial score (nSPS) is 13.8.